The maximum absolute atomic E-state index is 13.6. The summed E-state index contributed by atoms with van der Waals surface area (Å²) >= 11 is 0. The van der Waals surface area contributed by atoms with Crippen LogP contribution < -0.4 is 16.0 Å². The number of hydrogen-bond donors (Lipinski definition) is 3. The lowest BCUT2D eigenvalue weighted by Gasteiger charge is -2.23. The predicted molar refractivity (Wildman–Crippen MR) is 114 cm³/mol. The fourth-order valence-electron chi connectivity index (χ4n) is 3.06. The van der Waals surface area contributed by atoms with Crippen molar-refractivity contribution in [1.29, 1.82) is 0 Å². The van der Waals surface area contributed by atoms with Crippen LogP contribution in [-0.2, 0) is 4.74 Å². The minimum atomic E-state index is -0.533. The highest BCUT2D eigenvalue weighted by molar-refractivity contribution is 5.94. The minimum absolute atomic E-state index is 0.0189. The molecule has 8 nitrogen and oxygen atoms in total. The van der Waals surface area contributed by atoms with Gasteiger partial charge in [-0.05, 0) is 51.8 Å². The van der Waals surface area contributed by atoms with Gasteiger partial charge in [0, 0.05) is 38.8 Å². The van der Waals surface area contributed by atoms with Crippen LogP contribution in [-0.4, -0.2) is 67.7 Å². The first-order valence-electron chi connectivity index (χ1n) is 10.1. The molecule has 1 heterocycles. The van der Waals surface area contributed by atoms with E-state index in [1.165, 1.54) is 6.07 Å². The number of nitrogens with zero attached hydrogens (tertiary/aromatic N) is 2. The Morgan fingerprint density at radius 3 is 2.60 bits per heavy atom. The molecule has 30 heavy (non-hydrogen) atoms. The Labute approximate surface area is 177 Å². The van der Waals surface area contributed by atoms with Crippen LogP contribution in [0.4, 0.5) is 9.18 Å². The van der Waals surface area contributed by atoms with Gasteiger partial charge in [0.2, 0.25) is 0 Å². The quantitative estimate of drug-likeness (QED) is 0.384. The highest BCUT2D eigenvalue weighted by atomic mass is 19.1. The van der Waals surface area contributed by atoms with E-state index < -0.39 is 17.5 Å². The van der Waals surface area contributed by atoms with E-state index in [9.17, 15) is 14.0 Å². The third-order valence-corrected chi connectivity index (χ3v) is 4.55. The van der Waals surface area contributed by atoms with E-state index in [0.29, 0.717) is 31.2 Å². The molecule has 1 aromatic rings. The lowest BCUT2D eigenvalue weighted by Crippen LogP contribution is -2.45. The summed E-state index contributed by atoms with van der Waals surface area (Å²) in [5.41, 5.74) is 0.259. The summed E-state index contributed by atoms with van der Waals surface area (Å²) in [5, 5.41) is 8.83. The number of halogens is 1. The van der Waals surface area contributed by atoms with Crippen LogP contribution in [0.25, 0.3) is 0 Å². The van der Waals surface area contributed by atoms with Crippen molar-refractivity contribution in [3.8, 4) is 0 Å². The number of aliphatic imine (C=N–C) groups is 1. The van der Waals surface area contributed by atoms with Gasteiger partial charge < -0.3 is 25.6 Å². The van der Waals surface area contributed by atoms with Crippen molar-refractivity contribution in [1.82, 2.24) is 20.9 Å². The van der Waals surface area contributed by atoms with Crippen LogP contribution in [0.15, 0.2) is 23.2 Å². The maximum atomic E-state index is 13.6. The number of guanidine groups is 1. The van der Waals surface area contributed by atoms with Gasteiger partial charge in [0.1, 0.15) is 11.4 Å². The molecule has 1 atom stereocenters. The van der Waals surface area contributed by atoms with E-state index in [1.54, 1.807) is 26.1 Å². The van der Waals surface area contributed by atoms with Crippen LogP contribution >= 0.6 is 0 Å². The highest BCUT2D eigenvalue weighted by Crippen LogP contribution is 2.12. The molecule has 1 aromatic carbocycles. The fourth-order valence-corrected chi connectivity index (χ4v) is 3.06. The predicted octanol–water partition coefficient (Wildman–Crippen LogP) is 2.04. The standard InChI is InChI=1S/C21H32FN5O3/c1-14-6-7-15(12-17(14)22)18(28)24-9-10-25-19(23-5)27-11-8-16(13-27)26-20(29)30-21(2,3)4/h6-7,12,16H,8-11,13H2,1-5H3,(H,23,25)(H,24,28)(H,26,29). The zero-order valence-electron chi connectivity index (χ0n) is 18.3. The van der Waals surface area contributed by atoms with Gasteiger partial charge in [-0.2, -0.15) is 0 Å². The van der Waals surface area contributed by atoms with E-state index in [2.05, 4.69) is 20.9 Å². The van der Waals surface area contributed by atoms with Gasteiger partial charge in [-0.3, -0.25) is 9.79 Å². The SMILES string of the molecule is CN=C(NCCNC(=O)c1ccc(C)c(F)c1)N1CCC(NC(=O)OC(C)(C)C)C1. The lowest BCUT2D eigenvalue weighted by atomic mass is 10.1. The largest absolute Gasteiger partial charge is 0.444 e. The molecular weight excluding hydrogens is 389 g/mol. The molecule has 166 valence electrons. The minimum Gasteiger partial charge on any atom is -0.444 e. The monoisotopic (exact) mass is 421 g/mol. The molecule has 2 amide bonds. The second-order valence-electron chi connectivity index (χ2n) is 8.27. The molecule has 0 aliphatic carbocycles. The van der Waals surface area contributed by atoms with E-state index in [4.69, 9.17) is 4.74 Å². The summed E-state index contributed by atoms with van der Waals surface area (Å²) < 4.78 is 18.9. The lowest BCUT2D eigenvalue weighted by molar-refractivity contribution is 0.0507. The number of alkyl carbamates (subject to hydrolysis) is 1. The Morgan fingerprint density at radius 1 is 1.27 bits per heavy atom. The number of carbonyl (C=O) groups is 2. The van der Waals surface area contributed by atoms with E-state index in [1.807, 2.05) is 25.7 Å². The molecule has 1 aliphatic rings. The number of aryl methyl sites for hydroxylation is 1. The Morgan fingerprint density at radius 2 is 1.97 bits per heavy atom. The second kappa shape index (κ2) is 10.3. The molecule has 1 saturated heterocycles. The zero-order chi connectivity index (χ0) is 22.3. The first-order valence-corrected chi connectivity index (χ1v) is 10.1. The number of benzene rings is 1. The molecule has 1 aliphatic heterocycles. The smallest absolute Gasteiger partial charge is 0.407 e. The molecule has 0 saturated carbocycles. The first-order chi connectivity index (χ1) is 14.1. The molecular formula is C21H32FN5O3. The molecule has 0 bridgehead atoms. The van der Waals surface area contributed by atoms with Crippen molar-refractivity contribution in [2.45, 2.75) is 45.8 Å². The van der Waals surface area contributed by atoms with Crippen LogP contribution in [0.3, 0.4) is 0 Å². The average molecular weight is 422 g/mol. The molecule has 1 fully saturated rings. The number of nitrogens with one attached hydrogen (secondary N) is 3. The third kappa shape index (κ3) is 7.20. The number of carbonyl (C=O) groups excluding carboxylic acids is 2. The fraction of sp³-hybridized carbons (Fsp3) is 0.571. The summed E-state index contributed by atoms with van der Waals surface area (Å²) in [6, 6.07) is 4.40. The van der Waals surface area contributed by atoms with Crippen molar-refractivity contribution in [3.63, 3.8) is 0 Å². The van der Waals surface area contributed by atoms with Gasteiger partial charge in [-0.15, -0.1) is 0 Å². The zero-order valence-corrected chi connectivity index (χ0v) is 18.3. The van der Waals surface area contributed by atoms with E-state index in [0.717, 1.165) is 13.0 Å². The molecule has 1 unspecified atom stereocenters. The van der Waals surface area contributed by atoms with Gasteiger partial charge in [-0.25, -0.2) is 9.18 Å². The Hall–Kier alpha value is -2.84. The van der Waals surface area contributed by atoms with Crippen LogP contribution in [0.5, 0.6) is 0 Å². The van der Waals surface area contributed by atoms with E-state index >= 15 is 0 Å². The number of likely N-dealkylation sites (tertiary alicyclic amines) is 1. The van der Waals surface area contributed by atoms with Gasteiger partial charge >= 0.3 is 6.09 Å². The maximum Gasteiger partial charge on any atom is 0.407 e. The molecule has 9 heteroatoms. The first kappa shape index (κ1) is 23.4. The van der Waals surface area contributed by atoms with Gasteiger partial charge in [0.15, 0.2) is 5.96 Å². The van der Waals surface area contributed by atoms with Gasteiger partial charge in [-0.1, -0.05) is 6.07 Å². The van der Waals surface area contributed by atoms with Crippen molar-refractivity contribution in [2.75, 3.05) is 33.2 Å². The number of amides is 2. The average Bonchev–Trinajstić information content (AvgIpc) is 3.10. The molecule has 3 N–H and O–H groups in total. The summed E-state index contributed by atoms with van der Waals surface area (Å²) in [4.78, 5) is 30.4. The number of ether oxygens (including phenoxy) is 1. The Bertz CT molecular complexity index is 791. The van der Waals surface area contributed by atoms with Gasteiger partial charge in [0.05, 0.1) is 6.04 Å². The van der Waals surface area contributed by atoms with Crippen LogP contribution in [0.2, 0.25) is 0 Å². The number of hydrogen-bond acceptors (Lipinski definition) is 4. The normalized spacial score (nSPS) is 16.9. The second-order valence-corrected chi connectivity index (χ2v) is 8.27. The Balaban J connectivity index is 1.74. The number of rotatable bonds is 5. The van der Waals surface area contributed by atoms with Crippen molar-refractivity contribution in [3.05, 3.63) is 35.1 Å². The summed E-state index contributed by atoms with van der Waals surface area (Å²) in [6.07, 6.45) is 0.364. The molecule has 0 aromatic heterocycles. The molecule has 0 spiro atoms. The van der Waals surface area contributed by atoms with Crippen molar-refractivity contribution < 1.29 is 18.7 Å². The van der Waals surface area contributed by atoms with Crippen molar-refractivity contribution >= 4 is 18.0 Å². The summed E-state index contributed by atoms with van der Waals surface area (Å²) in [5.74, 6) is -0.0302. The topological polar surface area (TPSA) is 95.1 Å². The molecule has 2 rings (SSSR count). The molecule has 0 radical (unpaired) electrons. The van der Waals surface area contributed by atoms with Crippen molar-refractivity contribution in [2.24, 2.45) is 4.99 Å². The highest BCUT2D eigenvalue weighted by Gasteiger charge is 2.27. The van der Waals surface area contributed by atoms with Crippen LogP contribution in [0.1, 0.15) is 43.1 Å². The van der Waals surface area contributed by atoms with Crippen LogP contribution in [0, 0.1) is 12.7 Å². The Kier molecular flexibility index (Phi) is 8.02. The van der Waals surface area contributed by atoms with Gasteiger partial charge in [0.25, 0.3) is 5.91 Å². The summed E-state index contributed by atoms with van der Waals surface area (Å²) in [7, 11) is 1.69. The summed E-state index contributed by atoms with van der Waals surface area (Å²) in [6.45, 7) is 9.32. The third-order valence-electron chi connectivity index (χ3n) is 4.55. The van der Waals surface area contributed by atoms with E-state index in [-0.39, 0.29) is 17.5 Å².